The largest absolute Gasteiger partial charge is 0.279 e. The molecule has 0 fully saturated rings. The SMILES string of the molecule is CC(C)COCl. The lowest BCUT2D eigenvalue weighted by molar-refractivity contribution is 0.297. The van der Waals surface area contributed by atoms with Crippen LogP contribution < -0.4 is 0 Å². The average Bonchev–Trinajstić information content (AvgIpc) is 1.35. The standard InChI is InChI=1S/C4H9ClO/c1-4(2)3-6-5/h4H,3H2,1-2H3. The minimum absolute atomic E-state index is 0.544. The van der Waals surface area contributed by atoms with Gasteiger partial charge in [-0.1, -0.05) is 13.8 Å². The second-order valence-electron chi connectivity index (χ2n) is 1.67. The van der Waals surface area contributed by atoms with Crippen molar-refractivity contribution in [3.8, 4) is 0 Å². The predicted octanol–water partition coefficient (Wildman–Crippen LogP) is 1.81. The van der Waals surface area contributed by atoms with Gasteiger partial charge in [-0.05, 0) is 5.92 Å². The summed E-state index contributed by atoms with van der Waals surface area (Å²) in [5.74, 6) is 0.544. The molecular formula is C4H9ClO. The summed E-state index contributed by atoms with van der Waals surface area (Å²) in [5, 5.41) is 0. The van der Waals surface area contributed by atoms with E-state index in [0.717, 1.165) is 0 Å². The van der Waals surface area contributed by atoms with E-state index in [9.17, 15) is 0 Å². The molecule has 0 atom stereocenters. The maximum absolute atomic E-state index is 4.90. The first-order chi connectivity index (χ1) is 2.77. The molecule has 0 bridgehead atoms. The lowest BCUT2D eigenvalue weighted by Gasteiger charge is -1.94. The van der Waals surface area contributed by atoms with Crippen LogP contribution >= 0.6 is 11.9 Å². The molecule has 0 rings (SSSR count). The van der Waals surface area contributed by atoms with E-state index in [4.69, 9.17) is 11.9 Å². The first kappa shape index (κ1) is 6.25. The second kappa shape index (κ2) is 3.44. The van der Waals surface area contributed by atoms with Crippen molar-refractivity contribution < 1.29 is 4.29 Å². The molecule has 0 aliphatic carbocycles. The van der Waals surface area contributed by atoms with Gasteiger partial charge in [-0.25, -0.2) is 0 Å². The van der Waals surface area contributed by atoms with E-state index in [1.165, 1.54) is 0 Å². The molecule has 0 unspecified atom stereocenters. The minimum atomic E-state index is 0.544. The zero-order valence-corrected chi connectivity index (χ0v) is 4.83. The van der Waals surface area contributed by atoms with Gasteiger partial charge >= 0.3 is 0 Å². The Morgan fingerprint density at radius 1 is 1.67 bits per heavy atom. The molecule has 0 aliphatic rings. The normalized spacial score (nSPS) is 10.0. The van der Waals surface area contributed by atoms with Crippen LogP contribution in [0.15, 0.2) is 0 Å². The molecule has 2 heteroatoms. The van der Waals surface area contributed by atoms with Crippen LogP contribution in [0.3, 0.4) is 0 Å². The molecule has 0 saturated carbocycles. The maximum Gasteiger partial charge on any atom is 0.0705 e. The fraction of sp³-hybridized carbons (Fsp3) is 1.00. The Bertz CT molecular complexity index is 28.7. The Labute approximate surface area is 43.4 Å². The smallest absolute Gasteiger partial charge is 0.0705 e. The summed E-state index contributed by atoms with van der Waals surface area (Å²) in [6.45, 7) is 4.73. The van der Waals surface area contributed by atoms with Crippen LogP contribution in [-0.2, 0) is 4.29 Å². The molecule has 0 aromatic rings. The molecule has 6 heavy (non-hydrogen) atoms. The van der Waals surface area contributed by atoms with Crippen LogP contribution in [-0.4, -0.2) is 6.61 Å². The summed E-state index contributed by atoms with van der Waals surface area (Å²) in [6, 6.07) is 0. The summed E-state index contributed by atoms with van der Waals surface area (Å²) >= 11 is 4.90. The third-order valence-electron chi connectivity index (χ3n) is 0.396. The van der Waals surface area contributed by atoms with Crippen LogP contribution in [0.2, 0.25) is 0 Å². The zero-order chi connectivity index (χ0) is 4.99. The van der Waals surface area contributed by atoms with Crippen LogP contribution in [0.5, 0.6) is 0 Å². The number of hydrogen-bond acceptors (Lipinski definition) is 1. The van der Waals surface area contributed by atoms with Crippen molar-refractivity contribution >= 4 is 11.9 Å². The van der Waals surface area contributed by atoms with E-state index < -0.39 is 0 Å². The number of hydrogen-bond donors (Lipinski definition) is 0. The summed E-state index contributed by atoms with van der Waals surface area (Å²) < 4.78 is 4.28. The van der Waals surface area contributed by atoms with Gasteiger partial charge in [0.05, 0.1) is 18.5 Å². The third-order valence-corrected chi connectivity index (χ3v) is 0.522. The van der Waals surface area contributed by atoms with Crippen molar-refractivity contribution in [2.45, 2.75) is 13.8 Å². The van der Waals surface area contributed by atoms with Gasteiger partial charge in [-0.2, -0.15) is 0 Å². The second-order valence-corrected chi connectivity index (χ2v) is 1.89. The lowest BCUT2D eigenvalue weighted by atomic mass is 10.2. The molecule has 0 radical (unpaired) electrons. The topological polar surface area (TPSA) is 9.23 Å². The summed E-state index contributed by atoms with van der Waals surface area (Å²) in [4.78, 5) is 0. The molecule has 0 N–H and O–H groups in total. The van der Waals surface area contributed by atoms with E-state index in [2.05, 4.69) is 4.29 Å². The molecule has 0 amide bonds. The van der Waals surface area contributed by atoms with Crippen molar-refractivity contribution in [3.63, 3.8) is 0 Å². The van der Waals surface area contributed by atoms with E-state index in [1.54, 1.807) is 0 Å². The van der Waals surface area contributed by atoms with E-state index in [-0.39, 0.29) is 0 Å². The maximum atomic E-state index is 4.90. The third kappa shape index (κ3) is 4.25. The van der Waals surface area contributed by atoms with Gasteiger partial charge in [0.25, 0.3) is 0 Å². The fourth-order valence-electron chi connectivity index (χ4n) is 0.126. The number of halogens is 1. The highest BCUT2D eigenvalue weighted by molar-refractivity contribution is 6.07. The van der Waals surface area contributed by atoms with E-state index in [1.807, 2.05) is 13.8 Å². The highest BCUT2D eigenvalue weighted by atomic mass is 35.5. The molecule has 0 spiro atoms. The Balaban J connectivity index is 2.63. The van der Waals surface area contributed by atoms with Crippen LogP contribution in [0.4, 0.5) is 0 Å². The Morgan fingerprint density at radius 2 is 2.17 bits per heavy atom. The summed E-state index contributed by atoms with van der Waals surface area (Å²) in [5.41, 5.74) is 0. The van der Waals surface area contributed by atoms with Gasteiger partial charge < -0.3 is 0 Å². The van der Waals surface area contributed by atoms with Crippen molar-refractivity contribution in [1.82, 2.24) is 0 Å². The Morgan fingerprint density at radius 3 is 2.17 bits per heavy atom. The number of rotatable bonds is 2. The van der Waals surface area contributed by atoms with Crippen LogP contribution in [0.25, 0.3) is 0 Å². The van der Waals surface area contributed by atoms with Gasteiger partial charge in [-0.15, -0.1) is 0 Å². The molecule has 0 saturated heterocycles. The monoisotopic (exact) mass is 108 g/mol. The van der Waals surface area contributed by atoms with Gasteiger partial charge in [0.15, 0.2) is 0 Å². The van der Waals surface area contributed by atoms with E-state index >= 15 is 0 Å². The lowest BCUT2D eigenvalue weighted by Crippen LogP contribution is -1.92. The first-order valence-corrected chi connectivity index (χ1v) is 2.31. The molecular weight excluding hydrogens is 99.5 g/mol. The van der Waals surface area contributed by atoms with Gasteiger partial charge in [0.1, 0.15) is 0 Å². The summed E-state index contributed by atoms with van der Waals surface area (Å²) in [6.07, 6.45) is 0. The molecule has 0 aliphatic heterocycles. The Hall–Kier alpha value is 0.250. The van der Waals surface area contributed by atoms with Crippen molar-refractivity contribution in [2.24, 2.45) is 5.92 Å². The molecule has 38 valence electrons. The minimum Gasteiger partial charge on any atom is -0.279 e. The van der Waals surface area contributed by atoms with Crippen LogP contribution in [0, 0.1) is 5.92 Å². The summed E-state index contributed by atoms with van der Waals surface area (Å²) in [7, 11) is 0. The van der Waals surface area contributed by atoms with Gasteiger partial charge in [0.2, 0.25) is 0 Å². The fourth-order valence-corrected chi connectivity index (χ4v) is 0.378. The highest BCUT2D eigenvalue weighted by Gasteiger charge is 1.87. The molecule has 0 heterocycles. The van der Waals surface area contributed by atoms with E-state index in [0.29, 0.717) is 12.5 Å². The average molecular weight is 109 g/mol. The molecule has 0 aromatic heterocycles. The van der Waals surface area contributed by atoms with Gasteiger partial charge in [-0.3, -0.25) is 4.29 Å². The zero-order valence-electron chi connectivity index (χ0n) is 4.07. The van der Waals surface area contributed by atoms with Crippen molar-refractivity contribution in [2.75, 3.05) is 6.61 Å². The highest BCUT2D eigenvalue weighted by Crippen LogP contribution is 1.92. The van der Waals surface area contributed by atoms with Gasteiger partial charge in [0, 0.05) is 0 Å². The van der Waals surface area contributed by atoms with Crippen LogP contribution in [0.1, 0.15) is 13.8 Å². The first-order valence-electron chi connectivity index (χ1n) is 2.01. The predicted molar refractivity (Wildman–Crippen MR) is 26.6 cm³/mol. The quantitative estimate of drug-likeness (QED) is 0.524. The molecule has 1 nitrogen and oxygen atoms in total. The van der Waals surface area contributed by atoms with Crippen molar-refractivity contribution in [3.05, 3.63) is 0 Å². The van der Waals surface area contributed by atoms with Crippen molar-refractivity contribution in [1.29, 1.82) is 0 Å². The molecule has 0 aromatic carbocycles. The Kier molecular flexibility index (Phi) is 3.58.